The average Bonchev–Trinajstić information content (AvgIpc) is 2.63. The summed E-state index contributed by atoms with van der Waals surface area (Å²) in [5.41, 5.74) is 0.818. The number of hydrogen-bond donors (Lipinski definition) is 0. The molecule has 1 heterocycles. The molecule has 1 aromatic rings. The minimum atomic E-state index is 0.149. The SMILES string of the molecule is CCCN(CCBr)C(=O)c1csc(I)c1. The van der Waals surface area contributed by atoms with E-state index in [4.69, 9.17) is 0 Å². The van der Waals surface area contributed by atoms with Gasteiger partial charge in [-0.05, 0) is 35.1 Å². The zero-order valence-corrected chi connectivity index (χ0v) is 13.1. The van der Waals surface area contributed by atoms with Crippen molar-refractivity contribution in [2.75, 3.05) is 18.4 Å². The molecule has 15 heavy (non-hydrogen) atoms. The van der Waals surface area contributed by atoms with E-state index in [1.807, 2.05) is 16.3 Å². The molecule has 0 bridgehead atoms. The monoisotopic (exact) mass is 401 g/mol. The van der Waals surface area contributed by atoms with Gasteiger partial charge in [-0.15, -0.1) is 11.3 Å². The van der Waals surface area contributed by atoms with E-state index in [-0.39, 0.29) is 5.91 Å². The maximum atomic E-state index is 12.0. The number of halogens is 2. The molecule has 0 atom stereocenters. The smallest absolute Gasteiger partial charge is 0.254 e. The predicted molar refractivity (Wildman–Crippen MR) is 77.0 cm³/mol. The van der Waals surface area contributed by atoms with Crippen molar-refractivity contribution < 1.29 is 4.79 Å². The lowest BCUT2D eigenvalue weighted by Crippen LogP contribution is -2.33. The molecule has 0 unspecified atom stereocenters. The van der Waals surface area contributed by atoms with Crippen molar-refractivity contribution in [3.8, 4) is 0 Å². The van der Waals surface area contributed by atoms with Gasteiger partial charge in [-0.25, -0.2) is 0 Å². The van der Waals surface area contributed by atoms with Crippen molar-refractivity contribution in [1.82, 2.24) is 4.90 Å². The predicted octanol–water partition coefficient (Wildman–Crippen LogP) is 3.60. The molecule has 0 aliphatic heterocycles. The summed E-state index contributed by atoms with van der Waals surface area (Å²) in [6, 6.07) is 1.95. The summed E-state index contributed by atoms with van der Waals surface area (Å²) in [5, 5.41) is 2.76. The molecule has 1 rings (SSSR count). The van der Waals surface area contributed by atoms with Gasteiger partial charge in [-0.1, -0.05) is 22.9 Å². The van der Waals surface area contributed by atoms with Gasteiger partial charge in [0.1, 0.15) is 0 Å². The van der Waals surface area contributed by atoms with E-state index in [9.17, 15) is 4.79 Å². The lowest BCUT2D eigenvalue weighted by molar-refractivity contribution is 0.0767. The standard InChI is InChI=1S/C10H13BrINOS/c1-2-4-13(5-3-11)10(14)8-6-9(12)15-7-8/h6-7H,2-5H2,1H3. The van der Waals surface area contributed by atoms with E-state index >= 15 is 0 Å². The summed E-state index contributed by atoms with van der Waals surface area (Å²) < 4.78 is 1.16. The van der Waals surface area contributed by atoms with Crippen LogP contribution in [-0.2, 0) is 0 Å². The van der Waals surface area contributed by atoms with Gasteiger partial charge in [0.05, 0.1) is 8.45 Å². The molecule has 0 radical (unpaired) electrons. The Morgan fingerprint density at radius 3 is 2.80 bits per heavy atom. The number of hydrogen-bond acceptors (Lipinski definition) is 2. The number of rotatable bonds is 5. The van der Waals surface area contributed by atoms with Crippen LogP contribution in [-0.4, -0.2) is 29.2 Å². The highest BCUT2D eigenvalue weighted by Gasteiger charge is 2.15. The quantitative estimate of drug-likeness (QED) is 0.545. The van der Waals surface area contributed by atoms with Crippen LogP contribution >= 0.6 is 49.9 Å². The van der Waals surface area contributed by atoms with Gasteiger partial charge in [0, 0.05) is 23.8 Å². The van der Waals surface area contributed by atoms with Gasteiger partial charge in [0.15, 0.2) is 0 Å². The number of carbonyl (C=O) groups excluding carboxylic acids is 1. The van der Waals surface area contributed by atoms with Gasteiger partial charge in [-0.2, -0.15) is 0 Å². The molecule has 0 spiro atoms. The Bertz CT molecular complexity index is 323. The fraction of sp³-hybridized carbons (Fsp3) is 0.500. The normalized spacial score (nSPS) is 10.3. The molecule has 5 heteroatoms. The maximum absolute atomic E-state index is 12.0. The molecule has 0 saturated heterocycles. The second kappa shape index (κ2) is 6.85. The van der Waals surface area contributed by atoms with Crippen LogP contribution in [0.3, 0.4) is 0 Å². The Morgan fingerprint density at radius 2 is 2.33 bits per heavy atom. The third-order valence-electron chi connectivity index (χ3n) is 1.95. The van der Waals surface area contributed by atoms with Gasteiger partial charge in [-0.3, -0.25) is 4.79 Å². The highest BCUT2D eigenvalue weighted by Crippen LogP contribution is 2.18. The highest BCUT2D eigenvalue weighted by molar-refractivity contribution is 14.1. The first-order chi connectivity index (χ1) is 7.19. The number of alkyl halides is 1. The first-order valence-electron chi connectivity index (χ1n) is 4.78. The Hall–Kier alpha value is 0.380. The first-order valence-corrected chi connectivity index (χ1v) is 7.86. The zero-order chi connectivity index (χ0) is 11.3. The van der Waals surface area contributed by atoms with Crippen molar-refractivity contribution in [2.24, 2.45) is 0 Å². The summed E-state index contributed by atoms with van der Waals surface area (Å²) in [4.78, 5) is 13.9. The Balaban J connectivity index is 2.71. The Kier molecular flexibility index (Phi) is 6.14. The van der Waals surface area contributed by atoms with Gasteiger partial charge >= 0.3 is 0 Å². The van der Waals surface area contributed by atoms with E-state index < -0.39 is 0 Å². The summed E-state index contributed by atoms with van der Waals surface area (Å²) in [6.45, 7) is 3.70. The third kappa shape index (κ3) is 4.03. The van der Waals surface area contributed by atoms with Gasteiger partial charge in [0.2, 0.25) is 0 Å². The first kappa shape index (κ1) is 13.4. The van der Waals surface area contributed by atoms with Crippen LogP contribution in [0.15, 0.2) is 11.4 Å². The Labute approximate surface area is 116 Å². The number of amides is 1. The molecule has 1 amide bonds. The fourth-order valence-corrected chi connectivity index (χ4v) is 3.04. The lowest BCUT2D eigenvalue weighted by atomic mass is 10.3. The molecule has 84 valence electrons. The minimum absolute atomic E-state index is 0.149. The van der Waals surface area contributed by atoms with Crippen molar-refractivity contribution in [2.45, 2.75) is 13.3 Å². The van der Waals surface area contributed by atoms with Crippen LogP contribution in [0.1, 0.15) is 23.7 Å². The summed E-state index contributed by atoms with van der Waals surface area (Å²) in [7, 11) is 0. The minimum Gasteiger partial charge on any atom is -0.338 e. The second-order valence-electron chi connectivity index (χ2n) is 3.12. The van der Waals surface area contributed by atoms with Crippen molar-refractivity contribution in [1.29, 1.82) is 0 Å². The van der Waals surface area contributed by atoms with E-state index in [0.717, 1.165) is 33.3 Å². The molecule has 0 fully saturated rings. The molecule has 2 nitrogen and oxygen atoms in total. The Morgan fingerprint density at radius 1 is 1.60 bits per heavy atom. The van der Waals surface area contributed by atoms with Crippen LogP contribution in [0.4, 0.5) is 0 Å². The van der Waals surface area contributed by atoms with Crippen LogP contribution in [0.25, 0.3) is 0 Å². The topological polar surface area (TPSA) is 20.3 Å². The molecular weight excluding hydrogens is 389 g/mol. The molecule has 1 aromatic heterocycles. The van der Waals surface area contributed by atoms with Gasteiger partial charge in [0.25, 0.3) is 5.91 Å². The van der Waals surface area contributed by atoms with Crippen molar-refractivity contribution in [3.05, 3.63) is 19.9 Å². The van der Waals surface area contributed by atoms with Crippen LogP contribution < -0.4 is 0 Å². The third-order valence-corrected chi connectivity index (χ3v) is 4.09. The van der Waals surface area contributed by atoms with Crippen LogP contribution in [0, 0.1) is 2.88 Å². The number of carbonyl (C=O) groups is 1. The average molecular weight is 402 g/mol. The zero-order valence-electron chi connectivity index (χ0n) is 8.50. The molecule has 0 aliphatic carbocycles. The van der Waals surface area contributed by atoms with Crippen molar-refractivity contribution >= 4 is 55.8 Å². The lowest BCUT2D eigenvalue weighted by Gasteiger charge is -2.20. The molecule has 0 aromatic carbocycles. The van der Waals surface area contributed by atoms with E-state index in [0.29, 0.717) is 0 Å². The molecular formula is C10H13BrINOS. The van der Waals surface area contributed by atoms with Crippen LogP contribution in [0.2, 0.25) is 0 Å². The molecule has 0 saturated carbocycles. The van der Waals surface area contributed by atoms with E-state index in [1.54, 1.807) is 11.3 Å². The fourth-order valence-electron chi connectivity index (χ4n) is 1.29. The summed E-state index contributed by atoms with van der Waals surface area (Å²) in [5.74, 6) is 0.149. The molecule has 0 N–H and O–H groups in total. The number of nitrogens with zero attached hydrogens (tertiary/aromatic N) is 1. The molecule has 0 aliphatic rings. The highest BCUT2D eigenvalue weighted by atomic mass is 127. The van der Waals surface area contributed by atoms with E-state index in [1.165, 1.54) is 0 Å². The van der Waals surface area contributed by atoms with E-state index in [2.05, 4.69) is 45.4 Å². The largest absolute Gasteiger partial charge is 0.338 e. The second-order valence-corrected chi connectivity index (χ2v) is 6.72. The number of thiophene rings is 1. The maximum Gasteiger partial charge on any atom is 0.254 e. The van der Waals surface area contributed by atoms with Crippen molar-refractivity contribution in [3.63, 3.8) is 0 Å². The summed E-state index contributed by atoms with van der Waals surface area (Å²) in [6.07, 6.45) is 1.000. The van der Waals surface area contributed by atoms with Gasteiger partial charge < -0.3 is 4.90 Å². The summed E-state index contributed by atoms with van der Waals surface area (Å²) >= 11 is 7.23. The van der Waals surface area contributed by atoms with Crippen LogP contribution in [0.5, 0.6) is 0 Å².